The van der Waals surface area contributed by atoms with Crippen molar-refractivity contribution in [1.82, 2.24) is 15.0 Å². The van der Waals surface area contributed by atoms with Crippen molar-refractivity contribution < 1.29 is 23.0 Å². The highest BCUT2D eigenvalue weighted by Gasteiger charge is 2.36. The number of methoxy groups -OCH3 is 1. The second-order valence-electron chi connectivity index (χ2n) is 7.77. The standard InChI is InChI=1S/C22H19F3N6O2/c1-21(11-32)10-28-18-13(9-26)7-12(8-14(18)21)15-5-6-27-20(29-15)30-16-3-4-17(22(23,24)25)31-19(16)33-2/h3-8,28,32H,10-11H2,1-2H3,(H,27,29,30)/t21-/m1/s1. The molecular formula is C22H19F3N6O2. The number of aromatic nitrogens is 3. The molecule has 0 aliphatic carbocycles. The molecule has 170 valence electrons. The number of alkyl halides is 3. The van der Waals surface area contributed by atoms with Crippen LogP contribution >= 0.6 is 0 Å². The largest absolute Gasteiger partial charge is 0.480 e. The fourth-order valence-electron chi connectivity index (χ4n) is 3.61. The van der Waals surface area contributed by atoms with Crippen LogP contribution in [0.5, 0.6) is 5.88 Å². The maximum absolute atomic E-state index is 12.9. The van der Waals surface area contributed by atoms with Gasteiger partial charge >= 0.3 is 6.18 Å². The van der Waals surface area contributed by atoms with Gasteiger partial charge in [0.15, 0.2) is 0 Å². The van der Waals surface area contributed by atoms with Crippen molar-refractivity contribution in [2.45, 2.75) is 18.5 Å². The van der Waals surface area contributed by atoms with Crippen molar-refractivity contribution in [1.29, 1.82) is 5.26 Å². The Bertz CT molecular complexity index is 1260. The zero-order valence-electron chi connectivity index (χ0n) is 17.7. The third kappa shape index (κ3) is 4.12. The van der Waals surface area contributed by atoms with E-state index in [1.54, 1.807) is 12.1 Å². The van der Waals surface area contributed by atoms with E-state index in [9.17, 15) is 23.5 Å². The molecule has 8 nitrogen and oxygen atoms in total. The van der Waals surface area contributed by atoms with Gasteiger partial charge in [-0.15, -0.1) is 0 Å². The summed E-state index contributed by atoms with van der Waals surface area (Å²) >= 11 is 0. The summed E-state index contributed by atoms with van der Waals surface area (Å²) in [5.41, 5.74) is 1.56. The molecule has 1 aliphatic heterocycles. The lowest BCUT2D eigenvalue weighted by Crippen LogP contribution is -2.28. The summed E-state index contributed by atoms with van der Waals surface area (Å²) in [5, 5.41) is 25.5. The van der Waals surface area contributed by atoms with E-state index in [-0.39, 0.29) is 24.1 Å². The van der Waals surface area contributed by atoms with Crippen LogP contribution in [-0.4, -0.2) is 40.3 Å². The number of aliphatic hydroxyl groups excluding tert-OH is 1. The minimum Gasteiger partial charge on any atom is -0.480 e. The highest BCUT2D eigenvalue weighted by Crippen LogP contribution is 2.41. The number of nitriles is 1. The van der Waals surface area contributed by atoms with Crippen LogP contribution in [0.3, 0.4) is 0 Å². The lowest BCUT2D eigenvalue weighted by molar-refractivity contribution is -0.141. The van der Waals surface area contributed by atoms with Crippen molar-refractivity contribution in [3.63, 3.8) is 0 Å². The van der Waals surface area contributed by atoms with Crippen molar-refractivity contribution >= 4 is 17.3 Å². The summed E-state index contributed by atoms with van der Waals surface area (Å²) in [5.74, 6) is -0.151. The normalized spacial score (nSPS) is 17.1. The number of ether oxygens (including phenoxy) is 1. The topological polar surface area (TPSA) is 116 Å². The van der Waals surface area contributed by atoms with Gasteiger partial charge in [0.1, 0.15) is 17.5 Å². The number of pyridine rings is 1. The van der Waals surface area contributed by atoms with Crippen LogP contribution in [0.25, 0.3) is 11.3 Å². The Kier molecular flexibility index (Phi) is 5.55. The van der Waals surface area contributed by atoms with Gasteiger partial charge in [0, 0.05) is 23.7 Å². The summed E-state index contributed by atoms with van der Waals surface area (Å²) < 4.78 is 43.8. The fraction of sp³-hybridized carbons (Fsp3) is 0.273. The van der Waals surface area contributed by atoms with Crippen LogP contribution in [0.4, 0.5) is 30.5 Å². The van der Waals surface area contributed by atoms with E-state index in [1.807, 2.05) is 13.0 Å². The molecule has 11 heteroatoms. The average molecular weight is 456 g/mol. The zero-order chi connectivity index (χ0) is 23.8. The predicted octanol–water partition coefficient (Wildman–Crippen LogP) is 3.86. The first-order valence-electron chi connectivity index (χ1n) is 9.84. The zero-order valence-corrected chi connectivity index (χ0v) is 17.7. The van der Waals surface area contributed by atoms with Gasteiger partial charge in [-0.05, 0) is 35.9 Å². The smallest absolute Gasteiger partial charge is 0.433 e. The van der Waals surface area contributed by atoms with Gasteiger partial charge in [-0.3, -0.25) is 0 Å². The third-order valence-corrected chi connectivity index (χ3v) is 5.46. The molecule has 33 heavy (non-hydrogen) atoms. The number of aliphatic hydroxyl groups is 1. The number of rotatable bonds is 5. The summed E-state index contributed by atoms with van der Waals surface area (Å²) in [7, 11) is 1.21. The molecule has 3 N–H and O–H groups in total. The molecule has 0 unspecified atom stereocenters. The molecule has 1 aromatic carbocycles. The molecule has 0 saturated carbocycles. The van der Waals surface area contributed by atoms with Gasteiger partial charge in [0.05, 0.1) is 30.7 Å². The number of hydrogen-bond donors (Lipinski definition) is 3. The van der Waals surface area contributed by atoms with Crippen molar-refractivity contribution in [3.8, 4) is 23.2 Å². The molecule has 0 radical (unpaired) electrons. The first-order valence-corrected chi connectivity index (χ1v) is 9.84. The maximum Gasteiger partial charge on any atom is 0.433 e. The van der Waals surface area contributed by atoms with Crippen molar-refractivity contribution in [2.75, 3.05) is 30.9 Å². The minimum absolute atomic E-state index is 0.0986. The van der Waals surface area contributed by atoms with Gasteiger partial charge in [0.2, 0.25) is 11.8 Å². The second kappa shape index (κ2) is 8.22. The first kappa shape index (κ1) is 22.3. The number of nitrogens with zero attached hydrogens (tertiary/aromatic N) is 4. The summed E-state index contributed by atoms with van der Waals surface area (Å²) in [4.78, 5) is 12.1. The van der Waals surface area contributed by atoms with Gasteiger partial charge < -0.3 is 20.5 Å². The Morgan fingerprint density at radius 3 is 2.73 bits per heavy atom. The van der Waals surface area contributed by atoms with E-state index in [1.165, 1.54) is 19.4 Å². The van der Waals surface area contributed by atoms with Crippen LogP contribution < -0.4 is 15.4 Å². The maximum atomic E-state index is 12.9. The lowest BCUT2D eigenvalue weighted by Gasteiger charge is -2.21. The van der Waals surface area contributed by atoms with E-state index in [2.05, 4.69) is 31.7 Å². The van der Waals surface area contributed by atoms with E-state index >= 15 is 0 Å². The monoisotopic (exact) mass is 456 g/mol. The quantitative estimate of drug-likeness (QED) is 0.530. The molecular weight excluding hydrogens is 437 g/mol. The van der Waals surface area contributed by atoms with Gasteiger partial charge in [-0.1, -0.05) is 6.92 Å². The third-order valence-electron chi connectivity index (χ3n) is 5.46. The molecule has 3 aromatic rings. The molecule has 1 atom stereocenters. The number of benzene rings is 1. The second-order valence-corrected chi connectivity index (χ2v) is 7.77. The molecule has 0 amide bonds. The van der Waals surface area contributed by atoms with Gasteiger partial charge in [-0.25, -0.2) is 15.0 Å². The Labute approximate surface area is 187 Å². The van der Waals surface area contributed by atoms with Crippen molar-refractivity contribution in [2.24, 2.45) is 0 Å². The first-order chi connectivity index (χ1) is 15.7. The van der Waals surface area contributed by atoms with E-state index < -0.39 is 17.3 Å². The van der Waals surface area contributed by atoms with E-state index in [0.717, 1.165) is 11.6 Å². The number of anilines is 3. The fourth-order valence-corrected chi connectivity index (χ4v) is 3.61. The molecule has 4 rings (SSSR count). The van der Waals surface area contributed by atoms with Gasteiger partial charge in [0.25, 0.3) is 0 Å². The molecule has 3 heterocycles. The Balaban J connectivity index is 1.71. The number of fused-ring (bicyclic) bond motifs is 1. The summed E-state index contributed by atoms with van der Waals surface area (Å²) in [6.45, 7) is 2.29. The Hall–Kier alpha value is -3.91. The highest BCUT2D eigenvalue weighted by atomic mass is 19.4. The summed E-state index contributed by atoms with van der Waals surface area (Å²) in [6, 6.07) is 9.37. The van der Waals surface area contributed by atoms with Crippen molar-refractivity contribution in [3.05, 3.63) is 53.3 Å². The van der Waals surface area contributed by atoms with Crippen LogP contribution in [0.15, 0.2) is 36.5 Å². The number of halogens is 3. The summed E-state index contributed by atoms with van der Waals surface area (Å²) in [6.07, 6.45) is -3.12. The molecule has 0 saturated heterocycles. The van der Waals surface area contributed by atoms with Crippen LogP contribution in [0, 0.1) is 11.3 Å². The van der Waals surface area contributed by atoms with E-state index in [4.69, 9.17) is 4.74 Å². The highest BCUT2D eigenvalue weighted by molar-refractivity contribution is 5.76. The molecule has 2 aromatic heterocycles. The molecule has 0 fully saturated rings. The predicted molar refractivity (Wildman–Crippen MR) is 114 cm³/mol. The number of nitrogens with one attached hydrogen (secondary N) is 2. The van der Waals surface area contributed by atoms with Crippen LogP contribution in [-0.2, 0) is 11.6 Å². The Morgan fingerprint density at radius 1 is 1.27 bits per heavy atom. The molecule has 0 bridgehead atoms. The van der Waals surface area contributed by atoms with Gasteiger partial charge in [-0.2, -0.15) is 18.4 Å². The molecule has 1 aliphatic rings. The van der Waals surface area contributed by atoms with Crippen LogP contribution in [0.1, 0.15) is 23.7 Å². The van der Waals surface area contributed by atoms with Crippen LogP contribution in [0.2, 0.25) is 0 Å². The average Bonchev–Trinajstić information content (AvgIpc) is 3.15. The molecule has 0 spiro atoms. The van der Waals surface area contributed by atoms with E-state index in [0.29, 0.717) is 29.1 Å². The Morgan fingerprint density at radius 2 is 2.06 bits per heavy atom. The lowest BCUT2D eigenvalue weighted by atomic mass is 9.83. The number of hydrogen-bond acceptors (Lipinski definition) is 8. The minimum atomic E-state index is -4.60. The SMILES string of the molecule is COc1nc(C(F)(F)F)ccc1Nc1nccc(-c2cc(C#N)c3c(c2)[C@@](C)(CO)CN3)n1.